The fourth-order valence-corrected chi connectivity index (χ4v) is 3.67. The zero-order valence-corrected chi connectivity index (χ0v) is 16.6. The molecule has 0 unspecified atom stereocenters. The molecule has 2 aromatic heterocycles. The van der Waals surface area contributed by atoms with Crippen LogP contribution in [0.5, 0.6) is 0 Å². The van der Waals surface area contributed by atoms with E-state index in [1.165, 1.54) is 0 Å². The van der Waals surface area contributed by atoms with Gasteiger partial charge in [-0.3, -0.25) is 20.1 Å². The highest BCUT2D eigenvalue weighted by Crippen LogP contribution is 2.20. The highest BCUT2D eigenvalue weighted by atomic mass is 32.1. The minimum atomic E-state index is -0.392. The van der Waals surface area contributed by atoms with Gasteiger partial charge in [0.2, 0.25) is 5.91 Å². The third-order valence-corrected chi connectivity index (χ3v) is 5.27. The van der Waals surface area contributed by atoms with Gasteiger partial charge in [-0.15, -0.1) is 11.3 Å². The number of anilines is 1. The van der Waals surface area contributed by atoms with E-state index in [1.54, 1.807) is 35.5 Å². The van der Waals surface area contributed by atoms with E-state index < -0.39 is 6.04 Å². The highest BCUT2D eigenvalue weighted by Gasteiger charge is 2.19. The predicted molar refractivity (Wildman–Crippen MR) is 117 cm³/mol. The van der Waals surface area contributed by atoms with Crippen LogP contribution in [0.25, 0.3) is 5.57 Å². The molecule has 0 saturated carbocycles. The average molecular weight is 404 g/mol. The Bertz CT molecular complexity index is 1010. The molecule has 0 radical (unpaired) electrons. The van der Waals surface area contributed by atoms with Crippen molar-refractivity contribution in [3.63, 3.8) is 0 Å². The Morgan fingerprint density at radius 2 is 2.10 bits per heavy atom. The molecule has 0 aliphatic carbocycles. The molecule has 0 spiro atoms. The number of thiazole rings is 1. The lowest BCUT2D eigenvalue weighted by Crippen LogP contribution is -2.42. The number of carbonyl (C=O) groups excluding carboxylic acids is 1. The molecule has 4 rings (SSSR count). The van der Waals surface area contributed by atoms with Crippen LogP contribution < -0.4 is 10.6 Å². The van der Waals surface area contributed by atoms with Gasteiger partial charge in [0.05, 0.1) is 35.7 Å². The molecule has 7 heteroatoms. The highest BCUT2D eigenvalue weighted by molar-refractivity contribution is 7.07. The molecule has 3 heterocycles. The Morgan fingerprint density at radius 3 is 2.86 bits per heavy atom. The lowest BCUT2D eigenvalue weighted by Gasteiger charge is -2.18. The topological polar surface area (TPSA) is 79.3 Å². The maximum absolute atomic E-state index is 13.1. The standard InChI is InChI=1S/C22H21N5OS/c28-22(27-19-9-18(11-24-12-19)17-6-7-23-10-17)21(8-16-4-2-1-3-5-16)25-13-20-14-29-15-26-20/h1-7,9,11-12,14-15,21,25H,8,10,13H2,(H,27,28)/t21-/m0/s1. The molecule has 1 aliphatic heterocycles. The molecule has 0 bridgehead atoms. The normalized spacial score (nSPS) is 13.9. The maximum Gasteiger partial charge on any atom is 0.241 e. The first kappa shape index (κ1) is 19.2. The third-order valence-electron chi connectivity index (χ3n) is 4.63. The number of rotatable bonds is 8. The molecular formula is C22H21N5OS. The molecule has 2 N–H and O–H groups in total. The Labute approximate surface area is 173 Å². The van der Waals surface area contributed by atoms with Gasteiger partial charge in [0.15, 0.2) is 0 Å². The minimum Gasteiger partial charge on any atom is -0.323 e. The number of amides is 1. The molecule has 1 aromatic carbocycles. The van der Waals surface area contributed by atoms with Crippen molar-refractivity contribution in [1.29, 1.82) is 0 Å². The smallest absolute Gasteiger partial charge is 0.241 e. The van der Waals surface area contributed by atoms with Crippen molar-refractivity contribution in [2.75, 3.05) is 11.9 Å². The fraction of sp³-hybridized carbons (Fsp3) is 0.182. The van der Waals surface area contributed by atoms with Crippen LogP contribution >= 0.6 is 11.3 Å². The second kappa shape index (κ2) is 9.36. The first-order valence-electron chi connectivity index (χ1n) is 9.37. The summed E-state index contributed by atoms with van der Waals surface area (Å²) in [4.78, 5) is 25.8. The van der Waals surface area contributed by atoms with E-state index in [9.17, 15) is 4.79 Å². The van der Waals surface area contributed by atoms with Crippen LogP contribution in [-0.2, 0) is 17.8 Å². The lowest BCUT2D eigenvalue weighted by atomic mass is 10.0. The van der Waals surface area contributed by atoms with Gasteiger partial charge in [-0.1, -0.05) is 30.3 Å². The van der Waals surface area contributed by atoms with Crippen LogP contribution in [0.3, 0.4) is 0 Å². The van der Waals surface area contributed by atoms with E-state index >= 15 is 0 Å². The van der Waals surface area contributed by atoms with Gasteiger partial charge in [-0.2, -0.15) is 0 Å². The van der Waals surface area contributed by atoms with Crippen molar-refractivity contribution in [2.45, 2.75) is 19.0 Å². The van der Waals surface area contributed by atoms with Crippen LogP contribution in [0.1, 0.15) is 16.8 Å². The summed E-state index contributed by atoms with van der Waals surface area (Å²) in [7, 11) is 0. The largest absolute Gasteiger partial charge is 0.323 e. The lowest BCUT2D eigenvalue weighted by molar-refractivity contribution is -0.118. The molecule has 1 aliphatic rings. The number of carbonyl (C=O) groups is 1. The van der Waals surface area contributed by atoms with Crippen molar-refractivity contribution >= 4 is 34.7 Å². The van der Waals surface area contributed by atoms with E-state index in [4.69, 9.17) is 0 Å². The van der Waals surface area contributed by atoms with Gasteiger partial charge in [0, 0.05) is 24.3 Å². The van der Waals surface area contributed by atoms with Crippen LogP contribution in [-0.4, -0.2) is 34.7 Å². The molecule has 1 atom stereocenters. The first-order valence-corrected chi connectivity index (χ1v) is 10.3. The van der Waals surface area contributed by atoms with E-state index in [2.05, 4.69) is 25.6 Å². The third kappa shape index (κ3) is 5.22. The first-order chi connectivity index (χ1) is 14.3. The van der Waals surface area contributed by atoms with Crippen molar-refractivity contribution in [3.05, 3.63) is 82.6 Å². The van der Waals surface area contributed by atoms with Crippen molar-refractivity contribution < 1.29 is 4.79 Å². The van der Waals surface area contributed by atoms with Gasteiger partial charge >= 0.3 is 0 Å². The SMILES string of the molecule is O=C(Nc1cncc(C2=CC=NC2)c1)[C@H](Cc1ccccc1)NCc1cscn1. The number of allylic oxidation sites excluding steroid dienone is 1. The summed E-state index contributed by atoms with van der Waals surface area (Å²) in [5.74, 6) is -0.0975. The molecule has 0 fully saturated rings. The van der Waals surface area contributed by atoms with Gasteiger partial charge in [-0.25, -0.2) is 4.98 Å². The number of nitrogens with one attached hydrogen (secondary N) is 2. The summed E-state index contributed by atoms with van der Waals surface area (Å²) >= 11 is 1.54. The van der Waals surface area contributed by atoms with Crippen LogP contribution in [0.4, 0.5) is 5.69 Å². The molecule has 29 heavy (non-hydrogen) atoms. The Morgan fingerprint density at radius 1 is 1.21 bits per heavy atom. The van der Waals surface area contributed by atoms with Crippen molar-refractivity contribution in [3.8, 4) is 0 Å². The molecule has 1 amide bonds. The Hall–Kier alpha value is -3.16. The number of aromatic nitrogens is 2. The summed E-state index contributed by atoms with van der Waals surface area (Å²) in [6, 6.07) is 11.5. The van der Waals surface area contributed by atoms with E-state index in [0.29, 0.717) is 25.2 Å². The Kier molecular flexibility index (Phi) is 6.19. The second-order valence-corrected chi connectivity index (χ2v) is 7.45. The number of hydrogen-bond donors (Lipinski definition) is 2. The van der Waals surface area contributed by atoms with E-state index in [0.717, 1.165) is 22.4 Å². The zero-order chi connectivity index (χ0) is 19.9. The molecule has 0 saturated heterocycles. The average Bonchev–Trinajstić information content (AvgIpc) is 3.46. The van der Waals surface area contributed by atoms with Gasteiger partial charge < -0.3 is 5.32 Å². The Balaban J connectivity index is 1.47. The summed E-state index contributed by atoms with van der Waals surface area (Å²) in [5, 5.41) is 8.33. The van der Waals surface area contributed by atoms with Gasteiger partial charge in [0.25, 0.3) is 0 Å². The van der Waals surface area contributed by atoms with E-state index in [-0.39, 0.29) is 5.91 Å². The van der Waals surface area contributed by atoms with Crippen molar-refractivity contribution in [2.24, 2.45) is 4.99 Å². The molecule has 6 nitrogen and oxygen atoms in total. The predicted octanol–water partition coefficient (Wildman–Crippen LogP) is 3.35. The minimum absolute atomic E-state index is 0.0975. The van der Waals surface area contributed by atoms with Gasteiger partial charge in [0.1, 0.15) is 0 Å². The summed E-state index contributed by atoms with van der Waals surface area (Å²) < 4.78 is 0. The number of hydrogen-bond acceptors (Lipinski definition) is 6. The van der Waals surface area contributed by atoms with Gasteiger partial charge in [-0.05, 0) is 35.3 Å². The van der Waals surface area contributed by atoms with Crippen LogP contribution in [0, 0.1) is 0 Å². The number of nitrogens with zero attached hydrogens (tertiary/aromatic N) is 3. The maximum atomic E-state index is 13.1. The monoisotopic (exact) mass is 403 g/mol. The molecule has 3 aromatic rings. The molecule has 146 valence electrons. The quantitative estimate of drug-likeness (QED) is 0.605. The van der Waals surface area contributed by atoms with Crippen molar-refractivity contribution in [1.82, 2.24) is 15.3 Å². The van der Waals surface area contributed by atoms with Crippen LogP contribution in [0.2, 0.25) is 0 Å². The molecular weight excluding hydrogens is 382 g/mol. The summed E-state index contributed by atoms with van der Waals surface area (Å²) in [5.41, 5.74) is 6.55. The van der Waals surface area contributed by atoms with E-state index in [1.807, 2.05) is 47.9 Å². The number of aliphatic imine (C=N–C) groups is 1. The second-order valence-electron chi connectivity index (χ2n) is 6.74. The zero-order valence-electron chi connectivity index (χ0n) is 15.8. The number of pyridine rings is 1. The van der Waals surface area contributed by atoms with Crippen LogP contribution in [0.15, 0.2) is 70.8 Å². The summed E-state index contributed by atoms with van der Waals surface area (Å²) in [6.07, 6.45) is 7.80. The number of benzene rings is 1. The fourth-order valence-electron chi connectivity index (χ4n) is 3.11. The summed E-state index contributed by atoms with van der Waals surface area (Å²) in [6.45, 7) is 1.18.